The van der Waals surface area contributed by atoms with Gasteiger partial charge in [0.1, 0.15) is 18.0 Å². The van der Waals surface area contributed by atoms with Crippen LogP contribution in [0, 0.1) is 0 Å². The maximum atomic E-state index is 5.40. The molecular formula is C13H24N4O2. The monoisotopic (exact) mass is 268 g/mol. The van der Waals surface area contributed by atoms with Crippen LogP contribution >= 0.6 is 0 Å². The van der Waals surface area contributed by atoms with Crippen LogP contribution in [0.4, 0.5) is 11.6 Å². The Morgan fingerprint density at radius 2 is 1.79 bits per heavy atom. The lowest BCUT2D eigenvalue weighted by molar-refractivity contribution is 0.0759. The van der Waals surface area contributed by atoms with E-state index in [2.05, 4.69) is 34.4 Å². The summed E-state index contributed by atoms with van der Waals surface area (Å²) >= 11 is 0. The number of nitrogens with one attached hydrogen (secondary N) is 2. The maximum Gasteiger partial charge on any atom is 0.134 e. The average molecular weight is 268 g/mol. The third-order valence-corrected chi connectivity index (χ3v) is 2.61. The van der Waals surface area contributed by atoms with Crippen LogP contribution in [-0.4, -0.2) is 50.0 Å². The molecule has 1 heterocycles. The van der Waals surface area contributed by atoms with E-state index in [1.807, 2.05) is 0 Å². The molecule has 0 unspecified atom stereocenters. The number of methoxy groups -OCH3 is 1. The topological polar surface area (TPSA) is 68.3 Å². The zero-order valence-electron chi connectivity index (χ0n) is 12.0. The Morgan fingerprint density at radius 1 is 1.05 bits per heavy atom. The molecule has 0 spiro atoms. The first-order chi connectivity index (χ1) is 9.33. The van der Waals surface area contributed by atoms with Crippen LogP contribution in [0.3, 0.4) is 0 Å². The fraction of sp³-hybridized carbons (Fsp3) is 0.692. The molecule has 108 valence electrons. The zero-order chi connectivity index (χ0) is 13.9. The number of hydrogen-bond acceptors (Lipinski definition) is 6. The SMILES string of the molecule is CCNc1ncnc(NCCOCCOC)c1CC. The lowest BCUT2D eigenvalue weighted by Gasteiger charge is -2.13. The van der Waals surface area contributed by atoms with Gasteiger partial charge in [-0.25, -0.2) is 9.97 Å². The molecule has 0 atom stereocenters. The normalized spacial score (nSPS) is 10.5. The molecule has 6 heteroatoms. The third-order valence-electron chi connectivity index (χ3n) is 2.61. The number of aromatic nitrogens is 2. The number of rotatable bonds is 10. The second-order valence-electron chi connectivity index (χ2n) is 3.97. The summed E-state index contributed by atoms with van der Waals surface area (Å²) in [4.78, 5) is 8.54. The van der Waals surface area contributed by atoms with E-state index in [9.17, 15) is 0 Å². The molecule has 0 aromatic carbocycles. The third kappa shape index (κ3) is 5.40. The molecule has 0 amide bonds. The molecule has 1 aromatic heterocycles. The van der Waals surface area contributed by atoms with Gasteiger partial charge in [0.15, 0.2) is 0 Å². The van der Waals surface area contributed by atoms with E-state index < -0.39 is 0 Å². The van der Waals surface area contributed by atoms with Gasteiger partial charge in [0, 0.05) is 25.8 Å². The number of hydrogen-bond donors (Lipinski definition) is 2. The summed E-state index contributed by atoms with van der Waals surface area (Å²) in [5.41, 5.74) is 1.11. The highest BCUT2D eigenvalue weighted by molar-refractivity contribution is 5.57. The Morgan fingerprint density at radius 3 is 2.42 bits per heavy atom. The van der Waals surface area contributed by atoms with Gasteiger partial charge in [-0.2, -0.15) is 0 Å². The lowest BCUT2D eigenvalue weighted by atomic mass is 10.2. The molecule has 0 aliphatic rings. The van der Waals surface area contributed by atoms with Crippen molar-refractivity contribution < 1.29 is 9.47 Å². The minimum Gasteiger partial charge on any atom is -0.382 e. The van der Waals surface area contributed by atoms with Crippen LogP contribution in [0.25, 0.3) is 0 Å². The molecule has 0 saturated carbocycles. The van der Waals surface area contributed by atoms with E-state index in [4.69, 9.17) is 9.47 Å². The van der Waals surface area contributed by atoms with Gasteiger partial charge >= 0.3 is 0 Å². The van der Waals surface area contributed by atoms with Crippen LogP contribution < -0.4 is 10.6 Å². The van der Waals surface area contributed by atoms with E-state index in [1.54, 1.807) is 13.4 Å². The predicted octanol–water partition coefficient (Wildman–Crippen LogP) is 1.55. The summed E-state index contributed by atoms with van der Waals surface area (Å²) in [6.07, 6.45) is 2.46. The van der Waals surface area contributed by atoms with Gasteiger partial charge in [-0.15, -0.1) is 0 Å². The van der Waals surface area contributed by atoms with E-state index in [0.717, 1.165) is 36.7 Å². The molecule has 2 N–H and O–H groups in total. The highest BCUT2D eigenvalue weighted by Crippen LogP contribution is 2.19. The minimum absolute atomic E-state index is 0.616. The second kappa shape index (κ2) is 9.52. The van der Waals surface area contributed by atoms with Gasteiger partial charge in [-0.05, 0) is 13.3 Å². The van der Waals surface area contributed by atoms with Gasteiger partial charge < -0.3 is 20.1 Å². The molecule has 0 aliphatic carbocycles. The Bertz CT molecular complexity index is 360. The van der Waals surface area contributed by atoms with Gasteiger partial charge in [0.05, 0.1) is 19.8 Å². The van der Waals surface area contributed by atoms with E-state index in [1.165, 1.54) is 0 Å². The fourth-order valence-corrected chi connectivity index (χ4v) is 1.71. The number of nitrogens with zero attached hydrogens (tertiary/aromatic N) is 2. The highest BCUT2D eigenvalue weighted by Gasteiger charge is 2.08. The van der Waals surface area contributed by atoms with Gasteiger partial charge in [-0.1, -0.05) is 6.92 Å². The van der Waals surface area contributed by atoms with Crippen molar-refractivity contribution in [1.29, 1.82) is 0 Å². The number of anilines is 2. The standard InChI is InChI=1S/C13H24N4O2/c1-4-11-12(14-5-2)16-10-17-13(11)15-6-7-19-9-8-18-3/h10H,4-9H2,1-3H3,(H2,14,15,16,17). The maximum absolute atomic E-state index is 5.40. The Hall–Kier alpha value is -1.40. The molecular weight excluding hydrogens is 244 g/mol. The molecule has 19 heavy (non-hydrogen) atoms. The summed E-state index contributed by atoms with van der Waals surface area (Å²) in [6.45, 7) is 7.59. The van der Waals surface area contributed by atoms with E-state index in [0.29, 0.717) is 19.8 Å². The van der Waals surface area contributed by atoms with Crippen molar-refractivity contribution in [3.05, 3.63) is 11.9 Å². The molecule has 0 radical (unpaired) electrons. The number of ether oxygens (including phenoxy) is 2. The minimum atomic E-state index is 0.616. The summed E-state index contributed by atoms with van der Waals surface area (Å²) in [5.74, 6) is 1.78. The lowest BCUT2D eigenvalue weighted by Crippen LogP contribution is -2.15. The largest absolute Gasteiger partial charge is 0.382 e. The highest BCUT2D eigenvalue weighted by atomic mass is 16.5. The molecule has 0 saturated heterocycles. The van der Waals surface area contributed by atoms with Gasteiger partial charge in [-0.3, -0.25) is 0 Å². The van der Waals surface area contributed by atoms with Crippen LogP contribution in [0.1, 0.15) is 19.4 Å². The van der Waals surface area contributed by atoms with Gasteiger partial charge in [0.25, 0.3) is 0 Å². The molecule has 0 bridgehead atoms. The summed E-state index contributed by atoms with van der Waals surface area (Å²) in [5, 5.41) is 6.53. The first kappa shape index (κ1) is 15.7. The summed E-state index contributed by atoms with van der Waals surface area (Å²) in [7, 11) is 1.66. The van der Waals surface area contributed by atoms with Gasteiger partial charge in [0.2, 0.25) is 0 Å². The van der Waals surface area contributed by atoms with Crippen LogP contribution in [0.15, 0.2) is 6.33 Å². The Balaban J connectivity index is 2.46. The van der Waals surface area contributed by atoms with Crippen molar-refractivity contribution >= 4 is 11.6 Å². The molecule has 6 nitrogen and oxygen atoms in total. The second-order valence-corrected chi connectivity index (χ2v) is 3.97. The average Bonchev–Trinajstić information content (AvgIpc) is 2.43. The molecule has 0 fully saturated rings. The van der Waals surface area contributed by atoms with Crippen molar-refractivity contribution in [2.45, 2.75) is 20.3 Å². The first-order valence-corrected chi connectivity index (χ1v) is 6.71. The van der Waals surface area contributed by atoms with Crippen molar-refractivity contribution in [2.24, 2.45) is 0 Å². The smallest absolute Gasteiger partial charge is 0.134 e. The van der Waals surface area contributed by atoms with Crippen molar-refractivity contribution in [3.8, 4) is 0 Å². The van der Waals surface area contributed by atoms with Crippen molar-refractivity contribution in [3.63, 3.8) is 0 Å². The van der Waals surface area contributed by atoms with Crippen LogP contribution in [0.2, 0.25) is 0 Å². The molecule has 0 aliphatic heterocycles. The van der Waals surface area contributed by atoms with Crippen LogP contribution in [-0.2, 0) is 15.9 Å². The fourth-order valence-electron chi connectivity index (χ4n) is 1.71. The van der Waals surface area contributed by atoms with Crippen molar-refractivity contribution in [2.75, 3.05) is 50.7 Å². The first-order valence-electron chi connectivity index (χ1n) is 6.71. The summed E-state index contributed by atoms with van der Waals surface area (Å²) in [6, 6.07) is 0. The zero-order valence-corrected chi connectivity index (χ0v) is 12.0. The Labute approximate surface area is 114 Å². The van der Waals surface area contributed by atoms with E-state index in [-0.39, 0.29) is 0 Å². The predicted molar refractivity (Wildman–Crippen MR) is 76.8 cm³/mol. The molecule has 1 rings (SSSR count). The quantitative estimate of drug-likeness (QED) is 0.627. The summed E-state index contributed by atoms with van der Waals surface area (Å²) < 4.78 is 10.3. The van der Waals surface area contributed by atoms with Crippen LogP contribution in [0.5, 0.6) is 0 Å². The van der Waals surface area contributed by atoms with Crippen molar-refractivity contribution in [1.82, 2.24) is 9.97 Å². The Kier molecular flexibility index (Phi) is 7.84. The van der Waals surface area contributed by atoms with E-state index >= 15 is 0 Å². The molecule has 1 aromatic rings.